The van der Waals surface area contributed by atoms with E-state index in [9.17, 15) is 13.6 Å². The van der Waals surface area contributed by atoms with E-state index in [-0.39, 0.29) is 24.4 Å². The molecule has 6 heteroatoms. The highest BCUT2D eigenvalue weighted by Crippen LogP contribution is 2.31. The highest BCUT2D eigenvalue weighted by atomic mass is 19.3. The van der Waals surface area contributed by atoms with Gasteiger partial charge in [-0.1, -0.05) is 33.3 Å². The Labute approximate surface area is 175 Å². The van der Waals surface area contributed by atoms with Gasteiger partial charge in [0.2, 0.25) is 0 Å². The largest absolute Gasteiger partial charge is 0.460 e. The van der Waals surface area contributed by atoms with Crippen LogP contribution in [-0.2, 0) is 16.0 Å². The Bertz CT molecular complexity index is 647. The van der Waals surface area contributed by atoms with Crippen LogP contribution in [0.4, 0.5) is 14.6 Å². The lowest BCUT2D eigenvalue weighted by molar-refractivity contribution is -0.151. The third-order valence-electron chi connectivity index (χ3n) is 4.86. The Morgan fingerprint density at radius 2 is 1.83 bits per heavy atom. The number of piperidine rings is 1. The van der Waals surface area contributed by atoms with Gasteiger partial charge in [0.25, 0.3) is 5.92 Å². The molecule has 1 aromatic rings. The number of ether oxygens (including phenoxy) is 1. The molecule has 0 amide bonds. The first kappa shape index (κ1) is 25.3. The molecule has 1 saturated heterocycles. The number of halogens is 2. The van der Waals surface area contributed by atoms with Crippen molar-refractivity contribution in [2.24, 2.45) is 0 Å². The summed E-state index contributed by atoms with van der Waals surface area (Å²) in [7, 11) is 0. The predicted molar refractivity (Wildman–Crippen MR) is 115 cm³/mol. The third-order valence-corrected chi connectivity index (χ3v) is 4.86. The first-order chi connectivity index (χ1) is 13.4. The minimum atomic E-state index is -2.50. The van der Waals surface area contributed by atoms with Crippen molar-refractivity contribution < 1.29 is 18.3 Å². The zero-order valence-corrected chi connectivity index (χ0v) is 19.1. The van der Waals surface area contributed by atoms with E-state index in [1.807, 2.05) is 31.7 Å². The Morgan fingerprint density at radius 3 is 2.24 bits per heavy atom. The minimum Gasteiger partial charge on any atom is -0.460 e. The quantitative estimate of drug-likeness (QED) is 0.546. The Hall–Kier alpha value is -1.72. The zero-order valence-electron chi connectivity index (χ0n) is 19.1. The van der Waals surface area contributed by atoms with Gasteiger partial charge >= 0.3 is 5.97 Å². The molecule has 1 unspecified atom stereocenters. The fourth-order valence-corrected chi connectivity index (χ4v) is 3.26. The molecule has 0 spiro atoms. The number of aryl methyl sites for hydroxylation is 1. The van der Waals surface area contributed by atoms with E-state index in [1.165, 1.54) is 12.5 Å². The van der Waals surface area contributed by atoms with Gasteiger partial charge in [0.05, 0.1) is 0 Å². The van der Waals surface area contributed by atoms with Crippen LogP contribution in [0.15, 0.2) is 12.1 Å². The summed E-state index contributed by atoms with van der Waals surface area (Å²) in [4.78, 5) is 17.1. The van der Waals surface area contributed by atoms with Gasteiger partial charge in [-0.15, -0.1) is 0 Å². The maximum absolute atomic E-state index is 13.3. The van der Waals surface area contributed by atoms with Crippen molar-refractivity contribution in [2.75, 3.05) is 18.0 Å². The van der Waals surface area contributed by atoms with E-state index < -0.39 is 5.92 Å². The van der Waals surface area contributed by atoms with Gasteiger partial charge < -0.3 is 9.64 Å². The van der Waals surface area contributed by atoms with Gasteiger partial charge in [-0.3, -0.25) is 4.79 Å². The van der Waals surface area contributed by atoms with Crippen LogP contribution in [0, 0.1) is 0 Å². The highest BCUT2D eigenvalue weighted by molar-refractivity contribution is 5.66. The van der Waals surface area contributed by atoms with Gasteiger partial charge in [0.1, 0.15) is 11.4 Å². The fraction of sp³-hybridized carbons (Fsp3) is 0.739. The van der Waals surface area contributed by atoms with Gasteiger partial charge in [-0.25, -0.2) is 13.8 Å². The molecule has 1 atom stereocenters. The standard InChI is InChI=1S/C17H26F2N2.C6H12O2/c1-4-6-14-7-8-15(20-16(14)13(3)5-2)21-11-9-17(18,19)10-12-21;1-5(7)8-6(2,3)4/h7-8,13H,4-6,9-12H2,1-3H3;1-4H3. The molecule has 4 nitrogen and oxygen atoms in total. The van der Waals surface area contributed by atoms with Crippen molar-refractivity contribution in [3.63, 3.8) is 0 Å². The van der Waals surface area contributed by atoms with Crippen LogP contribution in [-0.4, -0.2) is 35.6 Å². The van der Waals surface area contributed by atoms with Crippen molar-refractivity contribution in [1.29, 1.82) is 0 Å². The SMILES string of the molecule is CC(=O)OC(C)(C)C.CCCc1ccc(N2CCC(F)(F)CC2)nc1C(C)CC. The summed E-state index contributed by atoms with van der Waals surface area (Å²) < 4.78 is 31.3. The van der Waals surface area contributed by atoms with Gasteiger partial charge in [0, 0.05) is 38.5 Å². The Balaban J connectivity index is 0.000000447. The number of nitrogens with zero attached hydrogens (tertiary/aromatic N) is 2. The zero-order chi connectivity index (χ0) is 22.2. The van der Waals surface area contributed by atoms with Crippen molar-refractivity contribution >= 4 is 11.8 Å². The monoisotopic (exact) mass is 412 g/mol. The molecule has 1 aliphatic heterocycles. The molecule has 0 radical (unpaired) electrons. The number of hydrogen-bond acceptors (Lipinski definition) is 4. The second-order valence-electron chi connectivity index (χ2n) is 8.82. The molecule has 2 heterocycles. The minimum absolute atomic E-state index is 0.0654. The maximum atomic E-state index is 13.3. The van der Waals surface area contributed by atoms with Gasteiger partial charge in [-0.2, -0.15) is 0 Å². The lowest BCUT2D eigenvalue weighted by Gasteiger charge is -2.33. The van der Waals surface area contributed by atoms with Crippen LogP contribution in [0.1, 0.15) is 91.3 Å². The summed E-state index contributed by atoms with van der Waals surface area (Å²) in [5.41, 5.74) is 2.12. The molecule has 1 aliphatic rings. The van der Waals surface area contributed by atoms with Gasteiger partial charge in [-0.05, 0) is 51.2 Å². The first-order valence-electron chi connectivity index (χ1n) is 10.7. The molecule has 0 bridgehead atoms. The number of aromatic nitrogens is 1. The van der Waals surface area contributed by atoms with E-state index in [2.05, 4.69) is 26.8 Å². The summed E-state index contributed by atoms with van der Waals surface area (Å²) in [6.45, 7) is 14.2. The number of rotatable bonds is 5. The van der Waals surface area contributed by atoms with Crippen molar-refractivity contribution in [2.45, 2.75) is 98.0 Å². The van der Waals surface area contributed by atoms with Crippen molar-refractivity contribution in [3.8, 4) is 0 Å². The molecular weight excluding hydrogens is 374 g/mol. The van der Waals surface area contributed by atoms with E-state index in [0.717, 1.165) is 30.8 Å². The van der Waals surface area contributed by atoms with E-state index in [1.54, 1.807) is 0 Å². The topological polar surface area (TPSA) is 42.4 Å². The number of anilines is 1. The number of esters is 1. The average Bonchev–Trinajstić information content (AvgIpc) is 2.60. The van der Waals surface area contributed by atoms with Crippen molar-refractivity contribution in [1.82, 2.24) is 4.98 Å². The number of alkyl halides is 2. The van der Waals surface area contributed by atoms with Gasteiger partial charge in [0.15, 0.2) is 0 Å². The Kier molecular flexibility index (Phi) is 9.50. The number of carbonyl (C=O) groups excluding carboxylic acids is 1. The molecule has 2 rings (SSSR count). The molecule has 29 heavy (non-hydrogen) atoms. The highest BCUT2D eigenvalue weighted by Gasteiger charge is 2.34. The Morgan fingerprint density at radius 1 is 1.24 bits per heavy atom. The molecule has 0 saturated carbocycles. The summed E-state index contributed by atoms with van der Waals surface area (Å²) >= 11 is 0. The van der Waals surface area contributed by atoms with Crippen LogP contribution >= 0.6 is 0 Å². The van der Waals surface area contributed by atoms with Crippen molar-refractivity contribution in [3.05, 3.63) is 23.4 Å². The van der Waals surface area contributed by atoms with E-state index in [4.69, 9.17) is 9.72 Å². The molecule has 1 fully saturated rings. The number of carbonyl (C=O) groups is 1. The summed E-state index contributed by atoms with van der Waals surface area (Å²) in [6.07, 6.45) is 3.05. The summed E-state index contributed by atoms with van der Waals surface area (Å²) in [5, 5.41) is 0. The molecule has 1 aromatic heterocycles. The van der Waals surface area contributed by atoms with Crippen LogP contribution in [0.2, 0.25) is 0 Å². The third kappa shape index (κ3) is 9.09. The molecule has 166 valence electrons. The smallest absolute Gasteiger partial charge is 0.303 e. The predicted octanol–water partition coefficient (Wildman–Crippen LogP) is 6.13. The van der Waals surface area contributed by atoms with Crippen LogP contribution < -0.4 is 4.90 Å². The van der Waals surface area contributed by atoms with E-state index >= 15 is 0 Å². The molecule has 0 N–H and O–H groups in total. The fourth-order valence-electron chi connectivity index (χ4n) is 3.26. The molecular formula is C23H38F2N2O2. The lowest BCUT2D eigenvalue weighted by atomic mass is 9.96. The second-order valence-corrected chi connectivity index (χ2v) is 8.82. The second kappa shape index (κ2) is 10.9. The number of hydrogen-bond donors (Lipinski definition) is 0. The van der Waals surface area contributed by atoms with E-state index in [0.29, 0.717) is 19.0 Å². The maximum Gasteiger partial charge on any atom is 0.303 e. The molecule has 0 aliphatic carbocycles. The average molecular weight is 413 g/mol. The summed E-state index contributed by atoms with van der Waals surface area (Å²) in [6, 6.07) is 4.14. The molecule has 0 aromatic carbocycles. The van der Waals surface area contributed by atoms with Crippen LogP contribution in [0.3, 0.4) is 0 Å². The van der Waals surface area contributed by atoms with Crippen LogP contribution in [0.5, 0.6) is 0 Å². The normalized spacial score (nSPS) is 17.2. The number of pyridine rings is 1. The van der Waals surface area contributed by atoms with Crippen LogP contribution in [0.25, 0.3) is 0 Å². The lowest BCUT2D eigenvalue weighted by Crippen LogP contribution is -2.39. The summed E-state index contributed by atoms with van der Waals surface area (Å²) in [5.74, 6) is -1.45. The first-order valence-corrected chi connectivity index (χ1v) is 10.7.